The van der Waals surface area contributed by atoms with Crippen LogP contribution in [0, 0.1) is 11.3 Å². The van der Waals surface area contributed by atoms with E-state index < -0.39 is 0 Å². The Balaban J connectivity index is 2.39. The molecule has 1 unspecified atom stereocenters. The summed E-state index contributed by atoms with van der Waals surface area (Å²) in [6, 6.07) is 1.97. The fourth-order valence-electron chi connectivity index (χ4n) is 1.74. The van der Waals surface area contributed by atoms with Gasteiger partial charge in [-0.15, -0.1) is 0 Å². The Bertz CT molecular complexity index is 522. The lowest BCUT2D eigenvalue weighted by Crippen LogP contribution is -2.23. The molecule has 1 atom stereocenters. The van der Waals surface area contributed by atoms with Crippen molar-refractivity contribution >= 4 is 17.0 Å². The molecule has 2 aromatic rings. The first-order valence-electron chi connectivity index (χ1n) is 5.95. The highest BCUT2D eigenvalue weighted by Crippen LogP contribution is 2.29. The van der Waals surface area contributed by atoms with E-state index in [2.05, 4.69) is 42.2 Å². The van der Waals surface area contributed by atoms with Crippen molar-refractivity contribution in [3.63, 3.8) is 0 Å². The smallest absolute Gasteiger partial charge is 0.201 e. The van der Waals surface area contributed by atoms with Crippen LogP contribution in [0.15, 0.2) is 18.5 Å². The summed E-state index contributed by atoms with van der Waals surface area (Å²) in [6.07, 6.45) is 3.53. The van der Waals surface area contributed by atoms with Crippen LogP contribution in [0.4, 0.5) is 5.95 Å². The molecule has 0 aliphatic heterocycles. The second-order valence-electron chi connectivity index (χ2n) is 5.71. The molecule has 0 saturated heterocycles. The summed E-state index contributed by atoms with van der Waals surface area (Å²) < 4.78 is 2.08. The Morgan fingerprint density at radius 1 is 1.41 bits per heavy atom. The first-order chi connectivity index (χ1) is 7.89. The van der Waals surface area contributed by atoms with Crippen molar-refractivity contribution in [1.82, 2.24) is 14.5 Å². The van der Waals surface area contributed by atoms with E-state index >= 15 is 0 Å². The van der Waals surface area contributed by atoms with Crippen LogP contribution in [-0.2, 0) is 6.54 Å². The summed E-state index contributed by atoms with van der Waals surface area (Å²) in [5.41, 5.74) is 8.16. The summed E-state index contributed by atoms with van der Waals surface area (Å²) >= 11 is 0. The van der Waals surface area contributed by atoms with Gasteiger partial charge in [-0.2, -0.15) is 0 Å². The number of fused-ring (bicyclic) bond motifs is 1. The molecule has 4 heteroatoms. The summed E-state index contributed by atoms with van der Waals surface area (Å²) in [7, 11) is 0. The Morgan fingerprint density at radius 3 is 2.76 bits per heavy atom. The van der Waals surface area contributed by atoms with Crippen LogP contribution in [0.3, 0.4) is 0 Å². The monoisotopic (exact) mass is 232 g/mol. The van der Waals surface area contributed by atoms with E-state index in [1.165, 1.54) is 0 Å². The average molecular weight is 232 g/mol. The maximum Gasteiger partial charge on any atom is 0.201 e. The van der Waals surface area contributed by atoms with Crippen molar-refractivity contribution in [3.05, 3.63) is 18.5 Å². The van der Waals surface area contributed by atoms with Crippen molar-refractivity contribution in [3.8, 4) is 0 Å². The van der Waals surface area contributed by atoms with Gasteiger partial charge in [-0.05, 0) is 17.4 Å². The first kappa shape index (κ1) is 11.9. The number of nitrogen functional groups attached to an aromatic ring is 1. The van der Waals surface area contributed by atoms with Gasteiger partial charge in [-0.3, -0.25) is 4.98 Å². The summed E-state index contributed by atoms with van der Waals surface area (Å²) in [5, 5.41) is 0. The minimum Gasteiger partial charge on any atom is -0.369 e. The molecule has 0 amide bonds. The molecule has 2 aromatic heterocycles. The van der Waals surface area contributed by atoms with Gasteiger partial charge in [0.2, 0.25) is 5.95 Å². The predicted molar refractivity (Wildman–Crippen MR) is 70.6 cm³/mol. The van der Waals surface area contributed by atoms with Gasteiger partial charge in [-0.25, -0.2) is 4.98 Å². The zero-order valence-electron chi connectivity index (χ0n) is 10.9. The van der Waals surface area contributed by atoms with Crippen molar-refractivity contribution in [1.29, 1.82) is 0 Å². The van der Waals surface area contributed by atoms with Crippen molar-refractivity contribution < 1.29 is 0 Å². The molecule has 2 N–H and O–H groups in total. The maximum atomic E-state index is 5.97. The van der Waals surface area contributed by atoms with E-state index in [4.69, 9.17) is 5.73 Å². The third-order valence-corrected chi connectivity index (χ3v) is 3.51. The molecule has 0 bridgehead atoms. The minimum atomic E-state index is 0.260. The van der Waals surface area contributed by atoms with Gasteiger partial charge < -0.3 is 10.3 Å². The quantitative estimate of drug-likeness (QED) is 0.866. The molecule has 0 radical (unpaired) electrons. The van der Waals surface area contributed by atoms with Crippen LogP contribution in [0.5, 0.6) is 0 Å². The fourth-order valence-corrected chi connectivity index (χ4v) is 1.74. The highest BCUT2D eigenvalue weighted by atomic mass is 15.2. The average Bonchev–Trinajstić information content (AvgIpc) is 2.54. The number of imidazole rings is 1. The number of nitrogens with two attached hydrogens (primary N) is 1. The first-order valence-corrected chi connectivity index (χ1v) is 5.95. The number of nitrogens with zero attached hydrogens (tertiary/aromatic N) is 3. The molecular weight excluding hydrogens is 212 g/mol. The number of pyridine rings is 1. The van der Waals surface area contributed by atoms with E-state index in [1.54, 1.807) is 12.4 Å². The van der Waals surface area contributed by atoms with Crippen LogP contribution < -0.4 is 5.73 Å². The third kappa shape index (κ3) is 2.25. The Labute approximate surface area is 102 Å². The molecule has 4 nitrogen and oxygen atoms in total. The molecule has 0 fully saturated rings. The largest absolute Gasteiger partial charge is 0.369 e. The molecular formula is C13H20N4. The summed E-state index contributed by atoms with van der Waals surface area (Å²) in [5.74, 6) is 1.10. The highest BCUT2D eigenvalue weighted by Gasteiger charge is 2.22. The van der Waals surface area contributed by atoms with E-state index in [0.29, 0.717) is 11.9 Å². The van der Waals surface area contributed by atoms with Gasteiger partial charge in [0.15, 0.2) is 0 Å². The lowest BCUT2D eigenvalue weighted by atomic mass is 9.82. The normalized spacial score (nSPS) is 14.1. The van der Waals surface area contributed by atoms with Gasteiger partial charge in [0.25, 0.3) is 0 Å². The molecule has 0 aliphatic rings. The van der Waals surface area contributed by atoms with Crippen molar-refractivity contribution in [2.75, 3.05) is 5.73 Å². The Morgan fingerprint density at radius 2 is 2.12 bits per heavy atom. The zero-order valence-corrected chi connectivity index (χ0v) is 10.9. The number of rotatable bonds is 2. The number of hydrogen-bond acceptors (Lipinski definition) is 3. The summed E-state index contributed by atoms with van der Waals surface area (Å²) in [4.78, 5) is 8.39. The standard InChI is InChI=1S/C13H20N4/c1-9(13(2,3)4)8-17-11-5-6-15-7-10(11)16-12(17)14/h5-7,9H,8H2,1-4H3,(H2,14,16). The second-order valence-corrected chi connectivity index (χ2v) is 5.71. The number of hydrogen-bond donors (Lipinski definition) is 1. The third-order valence-electron chi connectivity index (χ3n) is 3.51. The van der Waals surface area contributed by atoms with Crippen LogP contribution in [0.25, 0.3) is 11.0 Å². The van der Waals surface area contributed by atoms with Crippen molar-refractivity contribution in [2.45, 2.75) is 34.2 Å². The molecule has 92 valence electrons. The van der Waals surface area contributed by atoms with Crippen LogP contribution in [0.2, 0.25) is 0 Å². The Kier molecular flexibility index (Phi) is 2.81. The lowest BCUT2D eigenvalue weighted by Gasteiger charge is -2.28. The van der Waals surface area contributed by atoms with Crippen LogP contribution in [-0.4, -0.2) is 14.5 Å². The van der Waals surface area contributed by atoms with E-state index in [9.17, 15) is 0 Å². The van der Waals surface area contributed by atoms with Gasteiger partial charge in [0.05, 0.1) is 11.7 Å². The SMILES string of the molecule is CC(Cn1c(N)nc2cnccc21)C(C)(C)C. The number of aromatic nitrogens is 3. The molecule has 0 aromatic carbocycles. The van der Waals surface area contributed by atoms with E-state index in [1.807, 2.05) is 6.07 Å². The van der Waals surface area contributed by atoms with Crippen LogP contribution >= 0.6 is 0 Å². The van der Waals surface area contributed by atoms with Gasteiger partial charge in [0.1, 0.15) is 5.52 Å². The van der Waals surface area contributed by atoms with Gasteiger partial charge >= 0.3 is 0 Å². The predicted octanol–water partition coefficient (Wildman–Crippen LogP) is 2.70. The topological polar surface area (TPSA) is 56.7 Å². The molecule has 0 saturated carbocycles. The van der Waals surface area contributed by atoms with Crippen molar-refractivity contribution in [2.24, 2.45) is 11.3 Å². The zero-order chi connectivity index (χ0) is 12.6. The molecule has 2 heterocycles. The van der Waals surface area contributed by atoms with Gasteiger partial charge in [-0.1, -0.05) is 27.7 Å². The molecule has 17 heavy (non-hydrogen) atoms. The maximum absolute atomic E-state index is 5.97. The summed E-state index contributed by atoms with van der Waals surface area (Å²) in [6.45, 7) is 9.86. The second kappa shape index (κ2) is 4.02. The minimum absolute atomic E-state index is 0.260. The fraction of sp³-hybridized carbons (Fsp3) is 0.538. The Hall–Kier alpha value is -1.58. The highest BCUT2D eigenvalue weighted by molar-refractivity contribution is 5.76. The lowest BCUT2D eigenvalue weighted by molar-refractivity contribution is 0.236. The van der Waals surface area contributed by atoms with E-state index in [0.717, 1.165) is 17.6 Å². The van der Waals surface area contributed by atoms with E-state index in [-0.39, 0.29) is 5.41 Å². The van der Waals surface area contributed by atoms with Gasteiger partial charge in [0, 0.05) is 12.7 Å². The molecule has 2 rings (SSSR count). The molecule has 0 spiro atoms. The van der Waals surface area contributed by atoms with Crippen LogP contribution in [0.1, 0.15) is 27.7 Å². The number of anilines is 1. The molecule has 0 aliphatic carbocycles.